The van der Waals surface area contributed by atoms with Crippen molar-refractivity contribution in [1.29, 1.82) is 0 Å². The van der Waals surface area contributed by atoms with Gasteiger partial charge in [-0.1, -0.05) is 5.53 Å². The van der Waals surface area contributed by atoms with Gasteiger partial charge in [-0.2, -0.15) is 0 Å². The molecule has 4 nitrogen and oxygen atoms in total. The molecule has 0 saturated carbocycles. The van der Waals surface area contributed by atoms with Crippen LogP contribution in [0.3, 0.4) is 0 Å². The molecule has 3 saturated heterocycles. The average Bonchev–Trinajstić information content (AvgIpc) is 2.36. The second-order valence-electron chi connectivity index (χ2n) is 6.00. The predicted molar refractivity (Wildman–Crippen MR) is 64.2 cm³/mol. The molecule has 0 radical (unpaired) electrons. The quantitative estimate of drug-likeness (QED) is 0.436. The van der Waals surface area contributed by atoms with Gasteiger partial charge in [0.25, 0.3) is 0 Å². The van der Waals surface area contributed by atoms with Crippen molar-refractivity contribution in [2.45, 2.75) is 25.7 Å². The van der Waals surface area contributed by atoms with Gasteiger partial charge in [-0.05, 0) is 19.3 Å². The number of nitrogens with one attached hydrogen (secondary N) is 2. The van der Waals surface area contributed by atoms with Crippen molar-refractivity contribution in [3.63, 3.8) is 0 Å². The molecular weight excluding hydrogens is 271 g/mol. The Morgan fingerprint density at radius 1 is 0.611 bits per heavy atom. The number of halogens is 2. The van der Waals surface area contributed by atoms with Crippen molar-refractivity contribution in [2.75, 3.05) is 52.4 Å². The van der Waals surface area contributed by atoms with Crippen LogP contribution in [0.2, 0.25) is 0 Å². The highest BCUT2D eigenvalue weighted by molar-refractivity contribution is 4.60. The third-order valence-corrected chi connectivity index (χ3v) is 4.97. The molecule has 0 aromatic rings. The summed E-state index contributed by atoms with van der Waals surface area (Å²) >= 11 is 0. The van der Waals surface area contributed by atoms with Crippen LogP contribution < -0.4 is 35.8 Å². The van der Waals surface area contributed by atoms with E-state index in [0.29, 0.717) is 0 Å². The van der Waals surface area contributed by atoms with E-state index < -0.39 is 0 Å². The number of piperidine rings is 1. The van der Waals surface area contributed by atoms with Gasteiger partial charge in [0.05, 0.1) is 19.6 Å². The van der Waals surface area contributed by atoms with Crippen molar-refractivity contribution in [2.24, 2.45) is 0 Å². The van der Waals surface area contributed by atoms with Crippen LogP contribution in [0.15, 0.2) is 0 Å². The van der Waals surface area contributed by atoms with Crippen LogP contribution in [0.5, 0.6) is 0 Å². The third kappa shape index (κ3) is 3.30. The Morgan fingerprint density at radius 2 is 1.28 bits per heavy atom. The van der Waals surface area contributed by atoms with E-state index in [0.717, 1.165) is 11.1 Å². The largest absolute Gasteiger partial charge is 1.00 e. The SMILES string of the molecule is C1CC[N+]2(CC1)CC[N+]1(CCCNN1)CC2.[Cl-].[Cl-]. The molecule has 3 fully saturated rings. The van der Waals surface area contributed by atoms with E-state index in [-0.39, 0.29) is 24.8 Å². The summed E-state index contributed by atoms with van der Waals surface area (Å²) in [6, 6.07) is 0. The number of hydrogen-bond donors (Lipinski definition) is 2. The molecule has 18 heavy (non-hydrogen) atoms. The molecule has 0 unspecified atom stereocenters. The van der Waals surface area contributed by atoms with E-state index in [9.17, 15) is 0 Å². The maximum Gasteiger partial charge on any atom is 0.147 e. The highest BCUT2D eigenvalue weighted by Gasteiger charge is 2.43. The summed E-state index contributed by atoms with van der Waals surface area (Å²) in [4.78, 5) is 0. The predicted octanol–water partition coefficient (Wildman–Crippen LogP) is -5.76. The van der Waals surface area contributed by atoms with Crippen LogP contribution in [-0.2, 0) is 0 Å². The number of hydrogen-bond acceptors (Lipinski definition) is 2. The van der Waals surface area contributed by atoms with Crippen molar-refractivity contribution >= 4 is 0 Å². The summed E-state index contributed by atoms with van der Waals surface area (Å²) in [5.41, 5.74) is 6.89. The van der Waals surface area contributed by atoms with E-state index in [1.807, 2.05) is 0 Å². The van der Waals surface area contributed by atoms with E-state index in [2.05, 4.69) is 11.0 Å². The first kappa shape index (κ1) is 16.5. The second-order valence-corrected chi connectivity index (χ2v) is 6.00. The van der Waals surface area contributed by atoms with Crippen LogP contribution in [0, 0.1) is 0 Å². The molecule has 108 valence electrons. The smallest absolute Gasteiger partial charge is 0.147 e. The van der Waals surface area contributed by atoms with E-state index >= 15 is 0 Å². The zero-order valence-corrected chi connectivity index (χ0v) is 12.6. The summed E-state index contributed by atoms with van der Waals surface area (Å²) in [6.45, 7) is 10.8. The topological polar surface area (TPSA) is 24.1 Å². The van der Waals surface area contributed by atoms with Crippen molar-refractivity contribution in [3.8, 4) is 0 Å². The zero-order valence-electron chi connectivity index (χ0n) is 11.1. The third-order valence-electron chi connectivity index (χ3n) is 4.97. The van der Waals surface area contributed by atoms with Crippen LogP contribution in [0.4, 0.5) is 0 Å². The van der Waals surface area contributed by atoms with Crippen molar-refractivity contribution in [3.05, 3.63) is 0 Å². The zero-order chi connectivity index (χ0) is 10.9. The fraction of sp³-hybridized carbons (Fsp3) is 1.00. The molecule has 3 rings (SSSR count). The van der Waals surface area contributed by atoms with Gasteiger partial charge in [0, 0.05) is 13.0 Å². The highest BCUT2D eigenvalue weighted by Crippen LogP contribution is 2.24. The van der Waals surface area contributed by atoms with Gasteiger partial charge in [-0.15, -0.1) is 0 Å². The molecule has 6 heteroatoms. The Balaban J connectivity index is 0.000000810. The summed E-state index contributed by atoms with van der Waals surface area (Å²) in [7, 11) is 0. The fourth-order valence-corrected chi connectivity index (χ4v) is 3.75. The summed E-state index contributed by atoms with van der Waals surface area (Å²) < 4.78 is 2.57. The molecule has 3 aliphatic heterocycles. The van der Waals surface area contributed by atoms with E-state index in [1.165, 1.54) is 76.0 Å². The lowest BCUT2D eigenvalue weighted by molar-refractivity contribution is -1.06. The molecule has 0 aliphatic carbocycles. The Bertz CT molecular complexity index is 212. The Morgan fingerprint density at radius 3 is 1.83 bits per heavy atom. The molecule has 0 amide bonds. The monoisotopic (exact) mass is 296 g/mol. The lowest BCUT2D eigenvalue weighted by atomic mass is 10.1. The first-order valence-corrected chi connectivity index (χ1v) is 7.04. The molecule has 3 aliphatic rings. The normalized spacial score (nSPS) is 29.3. The highest BCUT2D eigenvalue weighted by atomic mass is 35.5. The minimum atomic E-state index is 0. The van der Waals surface area contributed by atoms with Gasteiger partial charge >= 0.3 is 0 Å². The minimum absolute atomic E-state index is 0. The molecule has 2 spiro atoms. The van der Waals surface area contributed by atoms with Gasteiger partial charge in [0.2, 0.25) is 0 Å². The first-order chi connectivity index (χ1) is 7.83. The maximum absolute atomic E-state index is 3.53. The average molecular weight is 297 g/mol. The van der Waals surface area contributed by atoms with Crippen LogP contribution >= 0.6 is 0 Å². The summed E-state index contributed by atoms with van der Waals surface area (Å²) in [5, 5.41) is 0. The fourth-order valence-electron chi connectivity index (χ4n) is 3.75. The maximum atomic E-state index is 3.53. The number of rotatable bonds is 0. The lowest BCUT2D eigenvalue weighted by Gasteiger charge is -2.51. The number of quaternary nitrogens is 2. The number of nitrogens with zero attached hydrogens (tertiary/aromatic N) is 2. The van der Waals surface area contributed by atoms with Crippen molar-refractivity contribution < 1.29 is 33.9 Å². The van der Waals surface area contributed by atoms with E-state index in [4.69, 9.17) is 0 Å². The standard InChI is InChI=1S/C12H26N4.2ClH/c1-2-6-15(7-3-1)9-11-16(12-10-15)8-4-5-13-14-16;;/h13-14H,1-12H2;2*1H/q+2;;/p-2. The molecule has 2 N–H and O–H groups in total. The van der Waals surface area contributed by atoms with Gasteiger partial charge in [0.1, 0.15) is 26.2 Å². The van der Waals surface area contributed by atoms with Gasteiger partial charge < -0.3 is 29.3 Å². The molecule has 0 bridgehead atoms. The van der Waals surface area contributed by atoms with Gasteiger partial charge in [-0.25, -0.2) is 10.0 Å². The first-order valence-electron chi connectivity index (χ1n) is 7.04. The van der Waals surface area contributed by atoms with Crippen molar-refractivity contribution in [1.82, 2.24) is 11.0 Å². The Hall–Kier alpha value is 0.420. The van der Waals surface area contributed by atoms with Gasteiger partial charge in [0.15, 0.2) is 0 Å². The number of hydrazine groups is 1. The Kier molecular flexibility index (Phi) is 6.16. The number of piperazine rings is 1. The molecule has 0 aromatic heterocycles. The van der Waals surface area contributed by atoms with Crippen LogP contribution in [0.1, 0.15) is 25.7 Å². The van der Waals surface area contributed by atoms with Crippen LogP contribution in [0.25, 0.3) is 0 Å². The molecule has 0 aromatic carbocycles. The lowest BCUT2D eigenvalue weighted by Crippen LogP contribution is -3.00. The minimum Gasteiger partial charge on any atom is -1.00 e. The van der Waals surface area contributed by atoms with Crippen LogP contribution in [-0.4, -0.2) is 61.4 Å². The summed E-state index contributed by atoms with van der Waals surface area (Å²) in [5.74, 6) is 0. The summed E-state index contributed by atoms with van der Waals surface area (Å²) in [6.07, 6.45) is 5.73. The van der Waals surface area contributed by atoms with E-state index in [1.54, 1.807) is 0 Å². The second kappa shape index (κ2) is 6.73. The molecule has 3 heterocycles. The molecular formula is C12H26Cl2N4. The van der Waals surface area contributed by atoms with Gasteiger partial charge in [-0.3, -0.25) is 0 Å². The molecule has 0 atom stereocenters. The Labute approximate surface area is 123 Å².